The highest BCUT2D eigenvalue weighted by molar-refractivity contribution is 5.76. The third-order valence-corrected chi connectivity index (χ3v) is 5.49. The topological polar surface area (TPSA) is 47.6 Å². The van der Waals surface area contributed by atoms with E-state index in [0.29, 0.717) is 19.0 Å². The summed E-state index contributed by atoms with van der Waals surface area (Å²) in [6.45, 7) is 10.6. The summed E-state index contributed by atoms with van der Waals surface area (Å²) in [5, 5.41) is 6.50. The molecule has 5 nitrogen and oxygen atoms in total. The zero-order valence-corrected chi connectivity index (χ0v) is 15.5. The Morgan fingerprint density at radius 1 is 1.16 bits per heavy atom. The number of amides is 1. The molecule has 1 aromatic carbocycles. The van der Waals surface area contributed by atoms with E-state index < -0.39 is 0 Å². The lowest BCUT2D eigenvalue weighted by Crippen LogP contribution is -2.45. The van der Waals surface area contributed by atoms with Crippen molar-refractivity contribution >= 4 is 5.91 Å². The first-order valence-electron chi connectivity index (χ1n) is 9.76. The zero-order chi connectivity index (χ0) is 17.5. The Morgan fingerprint density at radius 3 is 2.56 bits per heavy atom. The van der Waals surface area contributed by atoms with Crippen LogP contribution < -0.4 is 10.6 Å². The second-order valence-corrected chi connectivity index (χ2v) is 7.25. The van der Waals surface area contributed by atoms with E-state index in [2.05, 4.69) is 51.6 Å². The molecule has 1 unspecified atom stereocenters. The van der Waals surface area contributed by atoms with Crippen LogP contribution >= 0.6 is 0 Å². The van der Waals surface area contributed by atoms with Crippen molar-refractivity contribution in [2.45, 2.75) is 45.3 Å². The molecule has 0 aromatic heterocycles. The molecule has 2 aliphatic rings. The molecule has 5 heteroatoms. The number of piperazine rings is 1. The Labute approximate surface area is 151 Å². The minimum atomic E-state index is 0.158. The third-order valence-electron chi connectivity index (χ3n) is 5.49. The van der Waals surface area contributed by atoms with Crippen LogP contribution in [0.5, 0.6) is 0 Å². The molecule has 1 aromatic rings. The average Bonchev–Trinajstić information content (AvgIpc) is 3.14. The highest BCUT2D eigenvalue weighted by Gasteiger charge is 2.18. The molecule has 1 atom stereocenters. The lowest BCUT2D eigenvalue weighted by Gasteiger charge is -2.34. The standard InChI is InChI=1S/C20H32N4O/c1-2-23-10-12-24(13-11-23)16-18-7-4-3-6-17(18)15-22-20(25)14-19-8-5-9-21-19/h3-4,6-7,19,21H,2,5,8-16H2,1H3,(H,22,25). The first kappa shape index (κ1) is 18.4. The summed E-state index contributed by atoms with van der Waals surface area (Å²) in [6.07, 6.45) is 2.90. The SMILES string of the molecule is CCN1CCN(Cc2ccccc2CNC(=O)CC2CCCN2)CC1. The number of carbonyl (C=O) groups is 1. The van der Waals surface area contributed by atoms with Gasteiger partial charge in [-0.25, -0.2) is 0 Å². The van der Waals surface area contributed by atoms with Crippen molar-refractivity contribution in [2.75, 3.05) is 39.3 Å². The largest absolute Gasteiger partial charge is 0.352 e. The molecule has 2 fully saturated rings. The van der Waals surface area contributed by atoms with Crippen molar-refractivity contribution < 1.29 is 4.79 Å². The number of carbonyl (C=O) groups excluding carboxylic acids is 1. The number of nitrogens with one attached hydrogen (secondary N) is 2. The number of nitrogens with zero attached hydrogens (tertiary/aromatic N) is 2. The van der Waals surface area contributed by atoms with Gasteiger partial charge in [0.25, 0.3) is 0 Å². The molecule has 0 radical (unpaired) electrons. The highest BCUT2D eigenvalue weighted by atomic mass is 16.1. The Balaban J connectivity index is 1.49. The maximum atomic E-state index is 12.2. The van der Waals surface area contributed by atoms with E-state index in [1.165, 1.54) is 17.5 Å². The smallest absolute Gasteiger partial charge is 0.221 e. The number of hydrogen-bond donors (Lipinski definition) is 2. The van der Waals surface area contributed by atoms with Gasteiger partial charge in [0.1, 0.15) is 0 Å². The first-order chi connectivity index (χ1) is 12.2. The molecule has 2 saturated heterocycles. The fraction of sp³-hybridized carbons (Fsp3) is 0.650. The summed E-state index contributed by atoms with van der Waals surface area (Å²) < 4.78 is 0. The number of likely N-dealkylation sites (N-methyl/N-ethyl adjacent to an activating group) is 1. The molecule has 1 amide bonds. The van der Waals surface area contributed by atoms with Crippen molar-refractivity contribution in [3.63, 3.8) is 0 Å². The molecular weight excluding hydrogens is 312 g/mol. The maximum absolute atomic E-state index is 12.2. The fourth-order valence-corrected chi connectivity index (χ4v) is 3.81. The quantitative estimate of drug-likeness (QED) is 0.788. The van der Waals surface area contributed by atoms with Crippen LogP contribution in [0.2, 0.25) is 0 Å². The van der Waals surface area contributed by atoms with Crippen LogP contribution in [0.4, 0.5) is 0 Å². The Hall–Kier alpha value is -1.43. The van der Waals surface area contributed by atoms with Gasteiger partial charge in [-0.1, -0.05) is 31.2 Å². The Kier molecular flexibility index (Phi) is 6.84. The minimum absolute atomic E-state index is 0.158. The van der Waals surface area contributed by atoms with Gasteiger partial charge >= 0.3 is 0 Å². The van der Waals surface area contributed by atoms with Gasteiger partial charge in [-0.3, -0.25) is 9.69 Å². The van der Waals surface area contributed by atoms with Gasteiger partial charge in [0.2, 0.25) is 5.91 Å². The van der Waals surface area contributed by atoms with Crippen molar-refractivity contribution in [1.29, 1.82) is 0 Å². The summed E-state index contributed by atoms with van der Waals surface area (Å²) in [5.74, 6) is 0.158. The van der Waals surface area contributed by atoms with E-state index >= 15 is 0 Å². The molecule has 2 heterocycles. The first-order valence-corrected chi connectivity index (χ1v) is 9.76. The zero-order valence-electron chi connectivity index (χ0n) is 15.5. The monoisotopic (exact) mass is 344 g/mol. The average molecular weight is 345 g/mol. The molecule has 2 aliphatic heterocycles. The van der Waals surface area contributed by atoms with Crippen LogP contribution in [0.15, 0.2) is 24.3 Å². The van der Waals surface area contributed by atoms with Gasteiger partial charge in [-0.15, -0.1) is 0 Å². The van der Waals surface area contributed by atoms with E-state index in [4.69, 9.17) is 0 Å². The molecule has 0 saturated carbocycles. The second-order valence-electron chi connectivity index (χ2n) is 7.25. The lowest BCUT2D eigenvalue weighted by atomic mass is 10.1. The molecule has 2 N–H and O–H groups in total. The van der Waals surface area contributed by atoms with Crippen molar-refractivity contribution in [1.82, 2.24) is 20.4 Å². The van der Waals surface area contributed by atoms with Crippen molar-refractivity contribution in [3.05, 3.63) is 35.4 Å². The van der Waals surface area contributed by atoms with E-state index in [1.807, 2.05) is 0 Å². The molecule has 0 bridgehead atoms. The van der Waals surface area contributed by atoms with Crippen LogP contribution in [0.1, 0.15) is 37.3 Å². The van der Waals surface area contributed by atoms with Gasteiger partial charge in [0, 0.05) is 51.7 Å². The summed E-state index contributed by atoms with van der Waals surface area (Å²) >= 11 is 0. The van der Waals surface area contributed by atoms with Gasteiger partial charge in [-0.05, 0) is 37.1 Å². The number of benzene rings is 1. The maximum Gasteiger partial charge on any atom is 0.221 e. The number of rotatable bonds is 7. The van der Waals surface area contributed by atoms with Crippen molar-refractivity contribution in [3.8, 4) is 0 Å². The molecule has 25 heavy (non-hydrogen) atoms. The van der Waals surface area contributed by atoms with Crippen LogP contribution in [0, 0.1) is 0 Å². The highest BCUT2D eigenvalue weighted by Crippen LogP contribution is 2.14. The molecule has 0 aliphatic carbocycles. The molecule has 0 spiro atoms. The molecule has 138 valence electrons. The van der Waals surface area contributed by atoms with Crippen molar-refractivity contribution in [2.24, 2.45) is 0 Å². The lowest BCUT2D eigenvalue weighted by molar-refractivity contribution is -0.121. The van der Waals surface area contributed by atoms with Gasteiger partial charge < -0.3 is 15.5 Å². The normalized spacial score (nSPS) is 22.2. The molecular formula is C20H32N4O. The summed E-state index contributed by atoms with van der Waals surface area (Å²) in [7, 11) is 0. The Morgan fingerprint density at radius 2 is 1.88 bits per heavy atom. The minimum Gasteiger partial charge on any atom is -0.352 e. The van der Waals surface area contributed by atoms with E-state index in [1.54, 1.807) is 0 Å². The number of hydrogen-bond acceptors (Lipinski definition) is 4. The fourth-order valence-electron chi connectivity index (χ4n) is 3.81. The molecule has 3 rings (SSSR count). The van der Waals surface area contributed by atoms with Crippen LogP contribution in [-0.2, 0) is 17.9 Å². The summed E-state index contributed by atoms with van der Waals surface area (Å²) in [6, 6.07) is 8.88. The third kappa shape index (κ3) is 5.53. The summed E-state index contributed by atoms with van der Waals surface area (Å²) in [5.41, 5.74) is 2.58. The van der Waals surface area contributed by atoms with E-state index in [0.717, 1.165) is 52.2 Å². The van der Waals surface area contributed by atoms with Crippen LogP contribution in [0.25, 0.3) is 0 Å². The van der Waals surface area contributed by atoms with Gasteiger partial charge in [0.05, 0.1) is 0 Å². The second kappa shape index (κ2) is 9.32. The Bertz CT molecular complexity index is 548. The van der Waals surface area contributed by atoms with Crippen LogP contribution in [0.3, 0.4) is 0 Å². The van der Waals surface area contributed by atoms with E-state index in [-0.39, 0.29) is 5.91 Å². The predicted octanol–water partition coefficient (Wildman–Crippen LogP) is 1.58. The van der Waals surface area contributed by atoms with Gasteiger partial charge in [0.15, 0.2) is 0 Å². The predicted molar refractivity (Wildman–Crippen MR) is 101 cm³/mol. The van der Waals surface area contributed by atoms with Crippen LogP contribution in [-0.4, -0.2) is 61.0 Å². The summed E-state index contributed by atoms with van der Waals surface area (Å²) in [4.78, 5) is 17.2. The van der Waals surface area contributed by atoms with Gasteiger partial charge in [-0.2, -0.15) is 0 Å². The van der Waals surface area contributed by atoms with E-state index in [9.17, 15) is 4.79 Å².